The first-order chi connectivity index (χ1) is 10.2. The number of hydrogen-bond donors (Lipinski definition) is 0. The Bertz CT molecular complexity index is 738. The largest absolute Gasteiger partial charge is 0.361 e. The lowest BCUT2D eigenvalue weighted by Gasteiger charge is -2.01. The summed E-state index contributed by atoms with van der Waals surface area (Å²) in [6, 6.07) is 10.0. The Morgan fingerprint density at radius 1 is 1.14 bits per heavy atom. The molecule has 0 unspecified atom stereocenters. The third-order valence-electron chi connectivity index (χ3n) is 3.27. The number of benzene rings is 1. The van der Waals surface area contributed by atoms with Crippen LogP contribution in [0.2, 0.25) is 0 Å². The maximum atomic E-state index is 5.16. The molecule has 6 nitrogen and oxygen atoms in total. The summed E-state index contributed by atoms with van der Waals surface area (Å²) in [4.78, 5) is 0. The van der Waals surface area contributed by atoms with Gasteiger partial charge in [0.25, 0.3) is 0 Å². The van der Waals surface area contributed by atoms with Gasteiger partial charge in [0.1, 0.15) is 5.76 Å². The molecule has 0 radical (unpaired) electrons. The van der Waals surface area contributed by atoms with E-state index in [9.17, 15) is 0 Å². The topological polar surface area (TPSA) is 69.6 Å². The molecule has 0 aliphatic heterocycles. The van der Waals surface area contributed by atoms with Gasteiger partial charge in [0.05, 0.1) is 12.2 Å². The lowest BCUT2D eigenvalue weighted by atomic mass is 10.2. The smallest absolute Gasteiger partial charge is 0.175 e. The second-order valence-electron chi connectivity index (χ2n) is 4.74. The maximum Gasteiger partial charge on any atom is 0.175 e. The summed E-state index contributed by atoms with van der Waals surface area (Å²) in [6.45, 7) is 4.34. The first-order valence-electron chi connectivity index (χ1n) is 6.65. The van der Waals surface area contributed by atoms with Crippen molar-refractivity contribution < 1.29 is 4.52 Å². The van der Waals surface area contributed by atoms with Crippen LogP contribution in [0, 0.1) is 13.8 Å². The second kappa shape index (κ2) is 5.70. The van der Waals surface area contributed by atoms with E-state index in [-0.39, 0.29) is 0 Å². The molecule has 106 valence electrons. The van der Waals surface area contributed by atoms with Gasteiger partial charge in [0.2, 0.25) is 0 Å². The molecule has 2 aromatic heterocycles. The third-order valence-corrected chi connectivity index (χ3v) is 3.27. The highest BCUT2D eigenvalue weighted by molar-refractivity contribution is 5.66. The molecule has 3 aromatic rings. The van der Waals surface area contributed by atoms with Gasteiger partial charge < -0.3 is 4.52 Å². The quantitative estimate of drug-likeness (QED) is 0.735. The van der Waals surface area contributed by atoms with Crippen LogP contribution in [-0.4, -0.2) is 25.4 Å². The fourth-order valence-electron chi connectivity index (χ4n) is 2.06. The van der Waals surface area contributed by atoms with Crippen LogP contribution in [0.5, 0.6) is 0 Å². The number of rotatable bonds is 4. The molecule has 1 aromatic carbocycles. The Hall–Kier alpha value is -2.76. The van der Waals surface area contributed by atoms with Gasteiger partial charge in [0.15, 0.2) is 5.82 Å². The lowest BCUT2D eigenvalue weighted by Crippen LogP contribution is -2.05. The van der Waals surface area contributed by atoms with Crippen molar-refractivity contribution in [3.63, 3.8) is 0 Å². The first-order valence-corrected chi connectivity index (χ1v) is 6.65. The van der Waals surface area contributed by atoms with E-state index in [1.54, 1.807) is 4.68 Å². The van der Waals surface area contributed by atoms with Crippen molar-refractivity contribution in [2.45, 2.75) is 20.4 Å². The van der Waals surface area contributed by atoms with Crippen LogP contribution >= 0.6 is 0 Å². The van der Waals surface area contributed by atoms with Crippen LogP contribution in [0.15, 0.2) is 34.9 Å². The monoisotopic (exact) mass is 281 g/mol. The highest BCUT2D eigenvalue weighted by Gasteiger charge is 2.12. The Morgan fingerprint density at radius 2 is 1.95 bits per heavy atom. The molecule has 0 spiro atoms. The molecule has 0 atom stereocenters. The molecule has 0 fully saturated rings. The number of aromatic nitrogens is 5. The molecule has 0 N–H and O–H groups in total. The molecule has 21 heavy (non-hydrogen) atoms. The summed E-state index contributed by atoms with van der Waals surface area (Å²) >= 11 is 0. The van der Waals surface area contributed by atoms with Gasteiger partial charge in [-0.15, -0.1) is 5.10 Å². The molecule has 0 aliphatic carbocycles. The molecule has 0 saturated carbocycles. The fraction of sp³-hybridized carbons (Fsp3) is 0.200. The van der Waals surface area contributed by atoms with Gasteiger partial charge in [-0.1, -0.05) is 41.6 Å². The zero-order valence-corrected chi connectivity index (χ0v) is 11.9. The average molecular weight is 281 g/mol. The predicted molar refractivity (Wildman–Crippen MR) is 78.3 cm³/mol. The minimum absolute atomic E-state index is 0.544. The maximum absolute atomic E-state index is 5.16. The summed E-state index contributed by atoms with van der Waals surface area (Å²) in [5.74, 6) is 1.49. The Kier molecular flexibility index (Phi) is 3.59. The van der Waals surface area contributed by atoms with Crippen molar-refractivity contribution in [1.82, 2.24) is 25.4 Å². The van der Waals surface area contributed by atoms with Gasteiger partial charge in [0, 0.05) is 5.56 Å². The second-order valence-corrected chi connectivity index (χ2v) is 4.74. The van der Waals surface area contributed by atoms with E-state index in [0.29, 0.717) is 12.4 Å². The fourth-order valence-corrected chi connectivity index (χ4v) is 2.06. The van der Waals surface area contributed by atoms with Crippen LogP contribution in [0.25, 0.3) is 12.2 Å². The van der Waals surface area contributed by atoms with Crippen molar-refractivity contribution in [3.8, 4) is 0 Å². The number of hydrogen-bond acceptors (Lipinski definition) is 5. The highest BCUT2D eigenvalue weighted by Crippen LogP contribution is 2.14. The third kappa shape index (κ3) is 2.89. The minimum atomic E-state index is 0.544. The van der Waals surface area contributed by atoms with Crippen molar-refractivity contribution in [3.05, 3.63) is 58.7 Å². The van der Waals surface area contributed by atoms with Crippen molar-refractivity contribution in [2.24, 2.45) is 0 Å². The SMILES string of the molecule is Cc1noc(C)c1Cn1nnnc1/C=C/c1ccccc1. The van der Waals surface area contributed by atoms with E-state index in [1.807, 2.05) is 56.3 Å². The molecular formula is C15H15N5O. The van der Waals surface area contributed by atoms with Crippen molar-refractivity contribution >= 4 is 12.2 Å². The van der Waals surface area contributed by atoms with E-state index < -0.39 is 0 Å². The molecule has 0 aliphatic rings. The zero-order valence-electron chi connectivity index (χ0n) is 11.9. The van der Waals surface area contributed by atoms with Crippen LogP contribution in [0.1, 0.15) is 28.4 Å². The van der Waals surface area contributed by atoms with Crippen molar-refractivity contribution in [2.75, 3.05) is 0 Å². The first kappa shape index (κ1) is 13.2. The molecular weight excluding hydrogens is 266 g/mol. The van der Waals surface area contributed by atoms with E-state index in [1.165, 1.54) is 0 Å². The molecule has 0 saturated heterocycles. The molecule has 3 rings (SSSR count). The van der Waals surface area contributed by atoms with E-state index in [4.69, 9.17) is 4.52 Å². The Morgan fingerprint density at radius 3 is 2.67 bits per heavy atom. The predicted octanol–water partition coefficient (Wildman–Crippen LogP) is 2.50. The van der Waals surface area contributed by atoms with Crippen LogP contribution in [-0.2, 0) is 6.54 Å². The summed E-state index contributed by atoms with van der Waals surface area (Å²) in [6.07, 6.45) is 3.88. The Balaban J connectivity index is 1.83. The van der Waals surface area contributed by atoms with Gasteiger partial charge >= 0.3 is 0 Å². The van der Waals surface area contributed by atoms with E-state index >= 15 is 0 Å². The summed E-state index contributed by atoms with van der Waals surface area (Å²) < 4.78 is 6.89. The summed E-state index contributed by atoms with van der Waals surface area (Å²) in [7, 11) is 0. The minimum Gasteiger partial charge on any atom is -0.361 e. The molecule has 0 amide bonds. The zero-order chi connectivity index (χ0) is 14.7. The lowest BCUT2D eigenvalue weighted by molar-refractivity contribution is 0.391. The van der Waals surface area contributed by atoms with Gasteiger partial charge in [-0.25, -0.2) is 4.68 Å². The van der Waals surface area contributed by atoms with E-state index in [2.05, 4.69) is 20.7 Å². The van der Waals surface area contributed by atoms with Crippen LogP contribution in [0.3, 0.4) is 0 Å². The number of aryl methyl sites for hydroxylation is 2. The highest BCUT2D eigenvalue weighted by atomic mass is 16.5. The molecule has 0 bridgehead atoms. The average Bonchev–Trinajstić information content (AvgIpc) is 3.08. The van der Waals surface area contributed by atoms with Gasteiger partial charge in [-0.2, -0.15) is 0 Å². The normalized spacial score (nSPS) is 11.3. The molecule has 6 heteroatoms. The summed E-state index contributed by atoms with van der Waals surface area (Å²) in [5.41, 5.74) is 2.97. The Labute approximate surface area is 122 Å². The molecule has 2 heterocycles. The van der Waals surface area contributed by atoms with Gasteiger partial charge in [-0.05, 0) is 35.9 Å². The standard InChI is InChI=1S/C15H15N5O/c1-11-14(12(2)21-17-11)10-20-15(16-18-19-20)9-8-13-6-4-3-5-7-13/h3-9H,10H2,1-2H3/b9-8+. The number of nitrogens with zero attached hydrogens (tertiary/aromatic N) is 5. The van der Waals surface area contributed by atoms with E-state index in [0.717, 1.165) is 22.6 Å². The number of tetrazole rings is 1. The van der Waals surface area contributed by atoms with Crippen LogP contribution < -0.4 is 0 Å². The van der Waals surface area contributed by atoms with Gasteiger partial charge in [-0.3, -0.25) is 0 Å². The van der Waals surface area contributed by atoms with Crippen LogP contribution in [0.4, 0.5) is 0 Å². The van der Waals surface area contributed by atoms with Crippen molar-refractivity contribution in [1.29, 1.82) is 0 Å². The summed E-state index contributed by atoms with van der Waals surface area (Å²) in [5, 5.41) is 15.7.